The van der Waals surface area contributed by atoms with Gasteiger partial charge in [0.25, 0.3) is 0 Å². The van der Waals surface area contributed by atoms with Crippen molar-refractivity contribution in [3.63, 3.8) is 0 Å². The minimum atomic E-state index is -0.985. The third-order valence-corrected chi connectivity index (χ3v) is 2.36. The van der Waals surface area contributed by atoms with Crippen LogP contribution < -0.4 is 4.90 Å². The lowest BCUT2D eigenvalue weighted by Gasteiger charge is -2.27. The van der Waals surface area contributed by atoms with E-state index in [1.165, 1.54) is 11.8 Å². The van der Waals surface area contributed by atoms with Gasteiger partial charge < -0.3 is 5.11 Å². The standard InChI is InChI=1S/C12H15NO3/c1-3-11(12(15)16)13(9(2)14)10-7-5-4-6-8-10/h4-8,11H,3H2,1-2H3,(H,15,16). The predicted octanol–water partition coefficient (Wildman–Crippen LogP) is 1.90. The number of carboxylic acids is 1. The zero-order valence-corrected chi connectivity index (χ0v) is 9.38. The van der Waals surface area contributed by atoms with Gasteiger partial charge >= 0.3 is 5.97 Å². The highest BCUT2D eigenvalue weighted by molar-refractivity contribution is 5.97. The van der Waals surface area contributed by atoms with Crippen LogP contribution in [0.15, 0.2) is 30.3 Å². The van der Waals surface area contributed by atoms with Crippen LogP contribution in [-0.2, 0) is 9.59 Å². The van der Waals surface area contributed by atoms with E-state index in [1.807, 2.05) is 6.07 Å². The second-order valence-electron chi connectivity index (χ2n) is 3.49. The first-order valence-corrected chi connectivity index (χ1v) is 5.15. The Morgan fingerprint density at radius 1 is 1.31 bits per heavy atom. The van der Waals surface area contributed by atoms with Crippen LogP contribution in [0.1, 0.15) is 20.3 Å². The summed E-state index contributed by atoms with van der Waals surface area (Å²) in [5.41, 5.74) is 0.615. The summed E-state index contributed by atoms with van der Waals surface area (Å²) >= 11 is 0. The van der Waals surface area contributed by atoms with E-state index in [-0.39, 0.29) is 5.91 Å². The molecule has 0 fully saturated rings. The van der Waals surface area contributed by atoms with Gasteiger partial charge in [-0.1, -0.05) is 25.1 Å². The number of amides is 1. The average Bonchev–Trinajstić information content (AvgIpc) is 2.25. The van der Waals surface area contributed by atoms with Crippen molar-refractivity contribution in [1.29, 1.82) is 0 Å². The van der Waals surface area contributed by atoms with Gasteiger partial charge in [0.2, 0.25) is 5.91 Å². The molecule has 1 atom stereocenters. The molecule has 0 heterocycles. The highest BCUT2D eigenvalue weighted by Gasteiger charge is 2.26. The molecule has 1 unspecified atom stereocenters. The van der Waals surface area contributed by atoms with Gasteiger partial charge in [-0.15, -0.1) is 0 Å². The van der Waals surface area contributed by atoms with E-state index < -0.39 is 12.0 Å². The minimum Gasteiger partial charge on any atom is -0.480 e. The lowest BCUT2D eigenvalue weighted by molar-refractivity contribution is -0.140. The Morgan fingerprint density at radius 2 is 1.88 bits per heavy atom. The molecule has 0 aliphatic rings. The Balaban J connectivity index is 3.09. The largest absolute Gasteiger partial charge is 0.480 e. The van der Waals surface area contributed by atoms with Crippen LogP contribution in [0.4, 0.5) is 5.69 Å². The highest BCUT2D eigenvalue weighted by atomic mass is 16.4. The van der Waals surface area contributed by atoms with Crippen molar-refractivity contribution >= 4 is 17.6 Å². The quantitative estimate of drug-likeness (QED) is 0.844. The van der Waals surface area contributed by atoms with Crippen molar-refractivity contribution in [3.05, 3.63) is 30.3 Å². The molecule has 1 aromatic carbocycles. The Kier molecular flexibility index (Phi) is 4.05. The molecule has 0 radical (unpaired) electrons. The maximum Gasteiger partial charge on any atom is 0.326 e. The van der Waals surface area contributed by atoms with Gasteiger partial charge in [-0.2, -0.15) is 0 Å². The van der Waals surface area contributed by atoms with Crippen LogP contribution in [0.3, 0.4) is 0 Å². The Bertz CT molecular complexity index is 375. The summed E-state index contributed by atoms with van der Waals surface area (Å²) in [5.74, 6) is -1.25. The van der Waals surface area contributed by atoms with Crippen LogP contribution in [0.25, 0.3) is 0 Å². The fourth-order valence-electron chi connectivity index (χ4n) is 1.64. The van der Waals surface area contributed by atoms with Gasteiger partial charge in [0.15, 0.2) is 0 Å². The molecule has 0 spiro atoms. The molecule has 1 aromatic rings. The maximum atomic E-state index is 11.5. The van der Waals surface area contributed by atoms with Gasteiger partial charge in [0.1, 0.15) is 6.04 Å². The van der Waals surface area contributed by atoms with E-state index in [9.17, 15) is 9.59 Å². The Hall–Kier alpha value is -1.84. The molecule has 4 nitrogen and oxygen atoms in total. The van der Waals surface area contributed by atoms with Crippen molar-refractivity contribution < 1.29 is 14.7 Å². The summed E-state index contributed by atoms with van der Waals surface area (Å²) in [5, 5.41) is 9.06. The van der Waals surface area contributed by atoms with E-state index >= 15 is 0 Å². The van der Waals surface area contributed by atoms with E-state index in [1.54, 1.807) is 31.2 Å². The maximum absolute atomic E-state index is 11.5. The molecule has 0 bridgehead atoms. The number of carbonyl (C=O) groups excluding carboxylic acids is 1. The first kappa shape index (κ1) is 12.2. The molecule has 0 aliphatic carbocycles. The molecule has 1 rings (SSSR count). The van der Waals surface area contributed by atoms with Crippen molar-refractivity contribution in [2.45, 2.75) is 26.3 Å². The predicted molar refractivity (Wildman–Crippen MR) is 61.3 cm³/mol. The van der Waals surface area contributed by atoms with Crippen LogP contribution in [0.2, 0.25) is 0 Å². The summed E-state index contributed by atoms with van der Waals surface area (Å²) in [6.07, 6.45) is 0.379. The lowest BCUT2D eigenvalue weighted by Crippen LogP contribution is -2.43. The zero-order valence-electron chi connectivity index (χ0n) is 9.38. The van der Waals surface area contributed by atoms with Gasteiger partial charge in [0, 0.05) is 12.6 Å². The number of carbonyl (C=O) groups is 2. The smallest absolute Gasteiger partial charge is 0.326 e. The summed E-state index contributed by atoms with van der Waals surface area (Å²) in [6, 6.07) is 8.03. The van der Waals surface area contributed by atoms with Gasteiger partial charge in [-0.25, -0.2) is 4.79 Å². The number of anilines is 1. The SMILES string of the molecule is CCC(C(=O)O)N(C(C)=O)c1ccccc1. The number of para-hydroxylation sites is 1. The summed E-state index contributed by atoms with van der Waals surface area (Å²) < 4.78 is 0. The molecular weight excluding hydrogens is 206 g/mol. The molecule has 0 aliphatic heterocycles. The molecule has 0 saturated heterocycles. The summed E-state index contributed by atoms with van der Waals surface area (Å²) in [4.78, 5) is 23.9. The van der Waals surface area contributed by atoms with Crippen molar-refractivity contribution in [2.24, 2.45) is 0 Å². The third-order valence-electron chi connectivity index (χ3n) is 2.36. The monoisotopic (exact) mass is 221 g/mol. The van der Waals surface area contributed by atoms with E-state index in [0.29, 0.717) is 12.1 Å². The summed E-state index contributed by atoms with van der Waals surface area (Å²) in [6.45, 7) is 3.12. The average molecular weight is 221 g/mol. The Labute approximate surface area is 94.5 Å². The van der Waals surface area contributed by atoms with Gasteiger partial charge in [-0.05, 0) is 18.6 Å². The topological polar surface area (TPSA) is 57.6 Å². The van der Waals surface area contributed by atoms with Crippen molar-refractivity contribution in [2.75, 3.05) is 4.90 Å². The number of benzene rings is 1. The number of hydrogen-bond donors (Lipinski definition) is 1. The first-order chi connectivity index (χ1) is 7.57. The molecule has 86 valence electrons. The molecule has 0 aromatic heterocycles. The first-order valence-electron chi connectivity index (χ1n) is 5.15. The Morgan fingerprint density at radius 3 is 2.25 bits per heavy atom. The van der Waals surface area contributed by atoms with Gasteiger partial charge in [0.05, 0.1) is 0 Å². The fraction of sp³-hybridized carbons (Fsp3) is 0.333. The lowest BCUT2D eigenvalue weighted by atomic mass is 10.1. The van der Waals surface area contributed by atoms with E-state index in [0.717, 1.165) is 0 Å². The third kappa shape index (κ3) is 2.59. The number of hydrogen-bond acceptors (Lipinski definition) is 2. The number of rotatable bonds is 4. The van der Waals surface area contributed by atoms with Crippen LogP contribution in [0.5, 0.6) is 0 Å². The second kappa shape index (κ2) is 5.30. The fourth-order valence-corrected chi connectivity index (χ4v) is 1.64. The van der Waals surface area contributed by atoms with Crippen LogP contribution >= 0.6 is 0 Å². The molecular formula is C12H15NO3. The number of nitrogens with zero attached hydrogens (tertiary/aromatic N) is 1. The molecule has 0 saturated carbocycles. The van der Waals surface area contributed by atoms with E-state index in [2.05, 4.69) is 0 Å². The zero-order chi connectivity index (χ0) is 12.1. The molecule has 1 amide bonds. The molecule has 16 heavy (non-hydrogen) atoms. The highest BCUT2D eigenvalue weighted by Crippen LogP contribution is 2.18. The number of carboxylic acid groups (broad SMARTS) is 1. The minimum absolute atomic E-state index is 0.263. The normalized spacial score (nSPS) is 11.9. The van der Waals surface area contributed by atoms with Gasteiger partial charge in [-0.3, -0.25) is 9.69 Å². The van der Waals surface area contributed by atoms with Crippen LogP contribution in [-0.4, -0.2) is 23.0 Å². The number of aliphatic carboxylic acids is 1. The second-order valence-corrected chi connectivity index (χ2v) is 3.49. The van der Waals surface area contributed by atoms with Crippen LogP contribution in [0, 0.1) is 0 Å². The summed E-state index contributed by atoms with van der Waals surface area (Å²) in [7, 11) is 0. The van der Waals surface area contributed by atoms with Crippen molar-refractivity contribution in [3.8, 4) is 0 Å². The van der Waals surface area contributed by atoms with Crippen molar-refractivity contribution in [1.82, 2.24) is 0 Å². The van der Waals surface area contributed by atoms with E-state index in [4.69, 9.17) is 5.11 Å². The molecule has 1 N–H and O–H groups in total. The molecule has 4 heteroatoms.